The average Bonchev–Trinajstić information content (AvgIpc) is 3.39. The zero-order valence-corrected chi connectivity index (χ0v) is 18.6. The summed E-state index contributed by atoms with van der Waals surface area (Å²) in [5.74, 6) is 0.967. The molecule has 5 rings (SSSR count). The molecule has 0 atom stereocenters. The fourth-order valence-corrected chi connectivity index (χ4v) is 4.09. The summed E-state index contributed by atoms with van der Waals surface area (Å²) in [6.07, 6.45) is 0. The van der Waals surface area contributed by atoms with Gasteiger partial charge >= 0.3 is 0 Å². The number of amides is 1. The van der Waals surface area contributed by atoms with E-state index in [1.54, 1.807) is 43.5 Å². The monoisotopic (exact) mass is 458 g/mol. The first-order chi connectivity index (χ1) is 16.6. The number of halogens is 1. The predicted molar refractivity (Wildman–Crippen MR) is 126 cm³/mol. The Morgan fingerprint density at radius 2 is 1.71 bits per heavy atom. The molecular formula is C26H23FN4O3. The molecule has 0 spiro atoms. The van der Waals surface area contributed by atoms with Gasteiger partial charge in [-0.2, -0.15) is 4.98 Å². The Morgan fingerprint density at radius 3 is 2.50 bits per heavy atom. The Bertz CT molecular complexity index is 1310. The summed E-state index contributed by atoms with van der Waals surface area (Å²) in [6.45, 7) is 2.63. The van der Waals surface area contributed by atoms with Gasteiger partial charge in [-0.05, 0) is 42.5 Å². The third-order valence-corrected chi connectivity index (χ3v) is 5.86. The molecule has 1 aliphatic rings. The highest BCUT2D eigenvalue weighted by Gasteiger charge is 2.24. The number of methoxy groups -OCH3 is 1. The van der Waals surface area contributed by atoms with Gasteiger partial charge in [0.25, 0.3) is 11.8 Å². The number of hydrogen-bond acceptors (Lipinski definition) is 6. The average molecular weight is 458 g/mol. The third-order valence-electron chi connectivity index (χ3n) is 5.86. The van der Waals surface area contributed by atoms with Crippen LogP contribution in [0.15, 0.2) is 77.3 Å². The Hall–Kier alpha value is -4.20. The first-order valence-corrected chi connectivity index (χ1v) is 11.0. The van der Waals surface area contributed by atoms with Crippen LogP contribution in [0, 0.1) is 5.82 Å². The Labute approximate surface area is 196 Å². The second-order valence-corrected chi connectivity index (χ2v) is 7.97. The Kier molecular flexibility index (Phi) is 5.95. The number of benzene rings is 3. The van der Waals surface area contributed by atoms with Crippen molar-refractivity contribution >= 4 is 11.6 Å². The maximum Gasteiger partial charge on any atom is 0.258 e. The van der Waals surface area contributed by atoms with Crippen molar-refractivity contribution in [3.05, 3.63) is 84.2 Å². The van der Waals surface area contributed by atoms with Crippen molar-refractivity contribution in [2.24, 2.45) is 0 Å². The van der Waals surface area contributed by atoms with Crippen LogP contribution in [-0.2, 0) is 0 Å². The normalized spacial score (nSPS) is 13.7. The molecule has 0 N–H and O–H groups in total. The molecule has 7 nitrogen and oxygen atoms in total. The maximum atomic E-state index is 13.5. The van der Waals surface area contributed by atoms with E-state index in [2.05, 4.69) is 15.0 Å². The van der Waals surface area contributed by atoms with Gasteiger partial charge in [-0.15, -0.1) is 0 Å². The van der Waals surface area contributed by atoms with Gasteiger partial charge in [0.1, 0.15) is 11.6 Å². The lowest BCUT2D eigenvalue weighted by atomic mass is 10.1. The minimum absolute atomic E-state index is 0.0496. The molecule has 1 amide bonds. The Morgan fingerprint density at radius 1 is 0.941 bits per heavy atom. The van der Waals surface area contributed by atoms with Crippen molar-refractivity contribution < 1.29 is 18.4 Å². The van der Waals surface area contributed by atoms with E-state index >= 15 is 0 Å². The van der Waals surface area contributed by atoms with E-state index in [0.717, 1.165) is 11.4 Å². The van der Waals surface area contributed by atoms with E-state index in [1.165, 1.54) is 12.1 Å². The van der Waals surface area contributed by atoms with Crippen LogP contribution in [0.5, 0.6) is 5.75 Å². The van der Waals surface area contributed by atoms with Gasteiger partial charge in [-0.25, -0.2) is 4.39 Å². The summed E-state index contributed by atoms with van der Waals surface area (Å²) in [5, 5.41) is 3.96. The predicted octanol–water partition coefficient (Wildman–Crippen LogP) is 4.51. The summed E-state index contributed by atoms with van der Waals surface area (Å²) in [4.78, 5) is 21.6. The number of rotatable bonds is 5. The minimum Gasteiger partial charge on any atom is -0.495 e. The fraction of sp³-hybridized carbons (Fsp3) is 0.192. The lowest BCUT2D eigenvalue weighted by molar-refractivity contribution is 0.0746. The van der Waals surface area contributed by atoms with Gasteiger partial charge in [0.15, 0.2) is 0 Å². The molecule has 3 aromatic carbocycles. The highest BCUT2D eigenvalue weighted by Crippen LogP contribution is 2.29. The summed E-state index contributed by atoms with van der Waals surface area (Å²) in [5.41, 5.74) is 2.74. The van der Waals surface area contributed by atoms with Crippen molar-refractivity contribution in [3.63, 3.8) is 0 Å². The molecule has 8 heteroatoms. The van der Waals surface area contributed by atoms with Crippen LogP contribution < -0.4 is 9.64 Å². The zero-order chi connectivity index (χ0) is 23.5. The standard InChI is InChI=1S/C26H23FN4O3/c1-33-23-11-3-2-10-22(23)30-12-14-31(15-13-30)26(32)20-8-4-7-19(16-20)25-28-24(29-34-25)18-6-5-9-21(27)17-18/h2-11,16-17H,12-15H2,1H3. The second kappa shape index (κ2) is 9.35. The highest BCUT2D eigenvalue weighted by molar-refractivity contribution is 5.95. The molecule has 0 radical (unpaired) electrons. The summed E-state index contributed by atoms with van der Waals surface area (Å²) < 4.78 is 24.4. The van der Waals surface area contributed by atoms with Crippen molar-refractivity contribution in [2.75, 3.05) is 38.2 Å². The van der Waals surface area contributed by atoms with Gasteiger partial charge in [0, 0.05) is 42.9 Å². The number of para-hydroxylation sites is 2. The van der Waals surface area contributed by atoms with Crippen molar-refractivity contribution in [2.45, 2.75) is 0 Å². The molecule has 0 bridgehead atoms. The van der Waals surface area contributed by atoms with Crippen LogP contribution in [0.1, 0.15) is 10.4 Å². The van der Waals surface area contributed by atoms with Crippen molar-refractivity contribution in [3.8, 4) is 28.6 Å². The van der Waals surface area contributed by atoms with E-state index < -0.39 is 0 Å². The topological polar surface area (TPSA) is 71.7 Å². The number of carbonyl (C=O) groups is 1. The summed E-state index contributed by atoms with van der Waals surface area (Å²) in [6, 6.07) is 21.0. The zero-order valence-electron chi connectivity index (χ0n) is 18.6. The van der Waals surface area contributed by atoms with Gasteiger partial charge in [-0.1, -0.05) is 35.5 Å². The van der Waals surface area contributed by atoms with E-state index in [4.69, 9.17) is 9.26 Å². The molecule has 0 saturated carbocycles. The number of hydrogen-bond donors (Lipinski definition) is 0. The number of carbonyl (C=O) groups excluding carboxylic acids is 1. The number of ether oxygens (including phenoxy) is 1. The van der Waals surface area contributed by atoms with Crippen molar-refractivity contribution in [1.29, 1.82) is 0 Å². The molecule has 1 saturated heterocycles. The first-order valence-electron chi connectivity index (χ1n) is 11.0. The number of anilines is 1. The fourth-order valence-electron chi connectivity index (χ4n) is 4.09. The largest absolute Gasteiger partial charge is 0.495 e. The molecular weight excluding hydrogens is 435 g/mol. The van der Waals surface area contributed by atoms with Gasteiger partial charge < -0.3 is 19.1 Å². The molecule has 0 aliphatic carbocycles. The van der Waals surface area contributed by atoms with Crippen LogP contribution in [0.3, 0.4) is 0 Å². The van der Waals surface area contributed by atoms with E-state index in [1.807, 2.05) is 29.2 Å². The number of piperazine rings is 1. The van der Waals surface area contributed by atoms with E-state index in [0.29, 0.717) is 48.7 Å². The third kappa shape index (κ3) is 4.34. The molecule has 172 valence electrons. The van der Waals surface area contributed by atoms with Crippen LogP contribution in [0.4, 0.5) is 10.1 Å². The molecule has 2 heterocycles. The van der Waals surface area contributed by atoms with Crippen LogP contribution in [0.2, 0.25) is 0 Å². The quantitative estimate of drug-likeness (QED) is 0.438. The second-order valence-electron chi connectivity index (χ2n) is 7.97. The first kappa shape index (κ1) is 21.6. The van der Waals surface area contributed by atoms with Gasteiger partial charge in [-0.3, -0.25) is 4.79 Å². The Balaban J connectivity index is 1.29. The molecule has 1 aliphatic heterocycles. The minimum atomic E-state index is -0.373. The van der Waals surface area contributed by atoms with Gasteiger partial charge in [0.05, 0.1) is 12.8 Å². The van der Waals surface area contributed by atoms with Crippen molar-refractivity contribution in [1.82, 2.24) is 15.0 Å². The van der Waals surface area contributed by atoms with Crippen LogP contribution in [-0.4, -0.2) is 54.2 Å². The molecule has 34 heavy (non-hydrogen) atoms. The lowest BCUT2D eigenvalue weighted by Crippen LogP contribution is -2.48. The summed E-state index contributed by atoms with van der Waals surface area (Å²) >= 11 is 0. The number of nitrogens with zero attached hydrogens (tertiary/aromatic N) is 4. The highest BCUT2D eigenvalue weighted by atomic mass is 19.1. The smallest absolute Gasteiger partial charge is 0.258 e. The summed E-state index contributed by atoms with van der Waals surface area (Å²) in [7, 11) is 1.66. The SMILES string of the molecule is COc1ccccc1N1CCN(C(=O)c2cccc(-c3nc(-c4cccc(F)c4)no3)c2)CC1. The molecule has 0 unspecified atom stereocenters. The van der Waals surface area contributed by atoms with E-state index in [9.17, 15) is 9.18 Å². The van der Waals surface area contributed by atoms with Crippen LogP contribution >= 0.6 is 0 Å². The molecule has 4 aromatic rings. The number of aromatic nitrogens is 2. The van der Waals surface area contributed by atoms with E-state index in [-0.39, 0.29) is 17.6 Å². The van der Waals surface area contributed by atoms with Gasteiger partial charge in [0.2, 0.25) is 5.82 Å². The molecule has 1 fully saturated rings. The van der Waals surface area contributed by atoms with Crippen LogP contribution in [0.25, 0.3) is 22.8 Å². The lowest BCUT2D eigenvalue weighted by Gasteiger charge is -2.36. The molecule has 1 aromatic heterocycles. The maximum absolute atomic E-state index is 13.5.